The van der Waals surface area contributed by atoms with Gasteiger partial charge in [-0.15, -0.1) is 0 Å². The first-order chi connectivity index (χ1) is 11.1. The molecule has 8 N–H and O–H groups in total. The Kier molecular flexibility index (Phi) is 6.60. The van der Waals surface area contributed by atoms with Gasteiger partial charge in [0.25, 0.3) is 5.91 Å². The van der Waals surface area contributed by atoms with E-state index in [-0.39, 0.29) is 12.5 Å². The smallest absolute Gasteiger partial charge is 0.327 e. The van der Waals surface area contributed by atoms with E-state index in [1.54, 1.807) is 13.8 Å². The normalized spacial score (nSPS) is 20.6. The van der Waals surface area contributed by atoms with Crippen LogP contribution in [0.1, 0.15) is 13.8 Å². The summed E-state index contributed by atoms with van der Waals surface area (Å²) in [6.07, 6.45) is 0. The summed E-state index contributed by atoms with van der Waals surface area (Å²) in [7, 11) is 0. The molecule has 0 aliphatic carbocycles. The number of amides is 3. The van der Waals surface area contributed by atoms with Crippen molar-refractivity contribution in [1.82, 2.24) is 20.7 Å². The number of aliphatic carboxylic acids is 2. The van der Waals surface area contributed by atoms with E-state index in [4.69, 9.17) is 21.9 Å². The van der Waals surface area contributed by atoms with E-state index in [1.165, 1.54) is 0 Å². The molecule has 1 saturated heterocycles. The number of rotatable bonds is 9. The van der Waals surface area contributed by atoms with Gasteiger partial charge in [-0.25, -0.2) is 15.6 Å². The summed E-state index contributed by atoms with van der Waals surface area (Å²) in [5, 5.41) is 18.0. The van der Waals surface area contributed by atoms with Crippen LogP contribution in [0, 0.1) is 5.92 Å². The summed E-state index contributed by atoms with van der Waals surface area (Å²) in [4.78, 5) is 48.9. The maximum absolute atomic E-state index is 12.5. The number of nitrogens with two attached hydrogens (primary N) is 2. The van der Waals surface area contributed by atoms with Crippen molar-refractivity contribution in [3.8, 4) is 0 Å². The fourth-order valence-electron chi connectivity index (χ4n) is 2.45. The Morgan fingerprint density at radius 3 is 1.92 bits per heavy atom. The van der Waals surface area contributed by atoms with E-state index in [0.29, 0.717) is 0 Å². The summed E-state index contributed by atoms with van der Waals surface area (Å²) in [5.41, 5.74) is 4.07. The van der Waals surface area contributed by atoms with Crippen LogP contribution in [0.4, 0.5) is 4.79 Å². The van der Waals surface area contributed by atoms with Crippen molar-refractivity contribution in [3.05, 3.63) is 0 Å². The van der Waals surface area contributed by atoms with E-state index >= 15 is 0 Å². The number of carbonyl (C=O) groups is 4. The zero-order valence-corrected chi connectivity index (χ0v) is 13.3. The fourth-order valence-corrected chi connectivity index (χ4v) is 2.45. The highest BCUT2D eigenvalue weighted by atomic mass is 16.4. The lowest BCUT2D eigenvalue weighted by atomic mass is 10.0. The minimum absolute atomic E-state index is 0.312. The molecule has 12 heteroatoms. The van der Waals surface area contributed by atoms with Crippen LogP contribution < -0.4 is 22.5 Å². The van der Waals surface area contributed by atoms with E-state index in [2.05, 4.69) is 5.43 Å². The van der Waals surface area contributed by atoms with Gasteiger partial charge in [-0.3, -0.25) is 31.0 Å². The molecule has 1 heterocycles. The van der Waals surface area contributed by atoms with Gasteiger partial charge < -0.3 is 15.1 Å². The predicted octanol–water partition coefficient (Wildman–Crippen LogP) is -2.89. The molecular weight excluding hydrogens is 324 g/mol. The van der Waals surface area contributed by atoms with Gasteiger partial charge >= 0.3 is 18.0 Å². The van der Waals surface area contributed by atoms with Crippen LogP contribution in [0.15, 0.2) is 0 Å². The molecule has 3 unspecified atom stereocenters. The second kappa shape index (κ2) is 8.01. The summed E-state index contributed by atoms with van der Waals surface area (Å²) < 4.78 is 0. The lowest BCUT2D eigenvalue weighted by Crippen LogP contribution is -2.53. The number of hydrogen-bond acceptors (Lipinski definition) is 8. The van der Waals surface area contributed by atoms with Crippen molar-refractivity contribution in [1.29, 1.82) is 0 Å². The van der Waals surface area contributed by atoms with Gasteiger partial charge in [0.1, 0.15) is 18.1 Å². The van der Waals surface area contributed by atoms with Crippen molar-refractivity contribution >= 4 is 23.9 Å². The molecule has 0 aromatic heterocycles. The van der Waals surface area contributed by atoms with Crippen LogP contribution in [-0.4, -0.2) is 75.1 Å². The highest BCUT2D eigenvalue weighted by Crippen LogP contribution is 2.24. The Labute approximate surface area is 137 Å². The number of hydrazine groups is 2. The maximum Gasteiger partial charge on any atom is 0.327 e. The molecule has 0 bridgehead atoms. The Morgan fingerprint density at radius 1 is 1.08 bits per heavy atom. The number of carboxylic acid groups (broad SMARTS) is 2. The molecule has 24 heavy (non-hydrogen) atoms. The first kappa shape index (κ1) is 19.8. The Bertz CT molecular complexity index is 526. The highest BCUT2D eigenvalue weighted by Gasteiger charge is 2.48. The Morgan fingerprint density at radius 2 is 1.54 bits per heavy atom. The van der Waals surface area contributed by atoms with Crippen LogP contribution in [0.5, 0.6) is 0 Å². The topological polar surface area (TPSA) is 191 Å². The third-order valence-electron chi connectivity index (χ3n) is 3.71. The third kappa shape index (κ3) is 3.97. The van der Waals surface area contributed by atoms with Crippen molar-refractivity contribution in [3.63, 3.8) is 0 Å². The number of carbonyl (C=O) groups excluding carboxylic acids is 2. The average molecular weight is 346 g/mol. The van der Waals surface area contributed by atoms with Crippen LogP contribution in [0.25, 0.3) is 0 Å². The average Bonchev–Trinajstić information content (AvgIpc) is 2.72. The summed E-state index contributed by atoms with van der Waals surface area (Å²) >= 11 is 0. The van der Waals surface area contributed by atoms with Crippen molar-refractivity contribution in [2.45, 2.75) is 32.0 Å². The largest absolute Gasteiger partial charge is 0.480 e. The molecule has 0 spiro atoms. The monoisotopic (exact) mass is 346 g/mol. The molecule has 0 aromatic carbocycles. The summed E-state index contributed by atoms with van der Waals surface area (Å²) in [6, 6.07) is -4.32. The predicted molar refractivity (Wildman–Crippen MR) is 79.9 cm³/mol. The molecular formula is C12H22N6O6. The second-order valence-electron chi connectivity index (χ2n) is 5.69. The molecule has 1 aliphatic heterocycles. The van der Waals surface area contributed by atoms with Gasteiger partial charge in [0, 0.05) is 0 Å². The van der Waals surface area contributed by atoms with Gasteiger partial charge in [0.15, 0.2) is 0 Å². The zero-order valence-electron chi connectivity index (χ0n) is 13.3. The molecule has 3 amide bonds. The molecule has 0 aromatic rings. The lowest BCUT2D eigenvalue weighted by molar-refractivity contribution is -0.141. The zero-order chi connectivity index (χ0) is 18.6. The quantitative estimate of drug-likeness (QED) is 0.143. The van der Waals surface area contributed by atoms with Crippen molar-refractivity contribution < 1.29 is 29.4 Å². The van der Waals surface area contributed by atoms with Crippen LogP contribution in [0.3, 0.4) is 0 Å². The molecule has 136 valence electrons. The van der Waals surface area contributed by atoms with Crippen LogP contribution in [-0.2, 0) is 14.4 Å². The SMILES string of the molecule is CC(C)C1C(=O)N(CC(NN)C(=O)O)C(=O)N1CC(NN)C(=O)O. The van der Waals surface area contributed by atoms with Gasteiger partial charge in [-0.1, -0.05) is 13.8 Å². The Balaban J connectivity index is 3.06. The molecule has 12 nitrogen and oxygen atoms in total. The van der Waals surface area contributed by atoms with Crippen molar-refractivity contribution in [2.24, 2.45) is 17.6 Å². The molecule has 0 radical (unpaired) electrons. The van der Waals surface area contributed by atoms with E-state index in [1.807, 2.05) is 5.43 Å². The van der Waals surface area contributed by atoms with E-state index in [0.717, 1.165) is 9.80 Å². The number of nitrogens with one attached hydrogen (secondary N) is 2. The van der Waals surface area contributed by atoms with Gasteiger partial charge in [-0.05, 0) is 5.92 Å². The second-order valence-corrected chi connectivity index (χ2v) is 5.69. The number of imide groups is 1. The molecule has 3 atom stereocenters. The van der Waals surface area contributed by atoms with Crippen LogP contribution in [0.2, 0.25) is 0 Å². The molecule has 1 fully saturated rings. The third-order valence-corrected chi connectivity index (χ3v) is 3.71. The van der Waals surface area contributed by atoms with Crippen molar-refractivity contribution in [2.75, 3.05) is 13.1 Å². The standard InChI is InChI=1S/C12H22N6O6/c1-5(2)8-9(19)18(4-7(16-14)11(22)23)12(24)17(8)3-6(15-13)10(20)21/h5-8,15-16H,3-4,13-14H2,1-2H3,(H,20,21)(H,22,23). The van der Waals surface area contributed by atoms with Gasteiger partial charge in [-0.2, -0.15) is 0 Å². The minimum Gasteiger partial charge on any atom is -0.480 e. The number of hydrogen-bond donors (Lipinski definition) is 6. The van der Waals surface area contributed by atoms with E-state index < -0.39 is 48.5 Å². The highest BCUT2D eigenvalue weighted by molar-refractivity contribution is 6.05. The first-order valence-corrected chi connectivity index (χ1v) is 7.15. The van der Waals surface area contributed by atoms with Crippen LogP contribution >= 0.6 is 0 Å². The van der Waals surface area contributed by atoms with Gasteiger partial charge in [0.05, 0.1) is 13.1 Å². The summed E-state index contributed by atoms with van der Waals surface area (Å²) in [5.74, 6) is 6.73. The van der Waals surface area contributed by atoms with Gasteiger partial charge in [0.2, 0.25) is 0 Å². The number of urea groups is 1. The maximum atomic E-state index is 12.5. The summed E-state index contributed by atoms with van der Waals surface area (Å²) in [6.45, 7) is 2.56. The molecule has 1 aliphatic rings. The Hall–Kier alpha value is -2.28. The fraction of sp³-hybridized carbons (Fsp3) is 0.667. The number of carboxylic acids is 2. The first-order valence-electron chi connectivity index (χ1n) is 7.15. The minimum atomic E-state index is -1.34. The lowest BCUT2D eigenvalue weighted by Gasteiger charge is -2.26. The molecule has 0 saturated carbocycles. The molecule has 1 rings (SSSR count). The van der Waals surface area contributed by atoms with E-state index in [9.17, 15) is 19.2 Å². The number of nitrogens with zero attached hydrogens (tertiary/aromatic N) is 2.